The lowest BCUT2D eigenvalue weighted by Gasteiger charge is -2.41. The Hall–Kier alpha value is -6.24. The standard InChI is InChI=1S/C24H30N6O.C16H28N2O3Si.C14H18N4.2O2S/c1-24(2)10-9-19-20(11-24)27-28-21(19)23(31)26-18-12-25-30(15-18)22(17-13-29(3)14-17)16-7-5-4-6-8-16;1-16(2)7-6-12-13(10-16)18(17-14(12)15(19)20)11-21-8-9-22(3,4)5;1-17-8-12(9-17)14(11-5-3-2-4-6-11)18-10-13(15)7-16-18;2*1-3-2/h4-8,12,15,17,22H,9-11,13-14H2,1-3H3,(H,26,31)(H,27,28);6-11H2,1-5H3,(H,19,20);2-7,10,12,14H,8-9,15H2,1H3;;. The lowest BCUT2D eigenvalue weighted by Crippen LogP contribution is -2.48. The summed E-state index contributed by atoms with van der Waals surface area (Å²) >= 11 is -1.50. The second kappa shape index (κ2) is 26.9. The van der Waals surface area contributed by atoms with Crippen LogP contribution in [0.3, 0.4) is 0 Å². The summed E-state index contributed by atoms with van der Waals surface area (Å²) in [5.41, 5.74) is 15.0. The first-order chi connectivity index (χ1) is 36.5. The molecule has 2 atom stereocenters. The van der Waals surface area contributed by atoms with Crippen molar-refractivity contribution in [3.8, 4) is 0 Å². The molecule has 0 bridgehead atoms. The van der Waals surface area contributed by atoms with Crippen molar-refractivity contribution in [2.75, 3.05) is 57.9 Å². The van der Waals surface area contributed by atoms with Crippen LogP contribution in [-0.2, 0) is 60.3 Å². The average Bonchev–Trinajstić information content (AvgIpc) is 4.19. The Balaban J connectivity index is 0.000000184. The SMILES string of the molecule is CC1(C)CCc2c(C(=O)O)nn(COCC[Si](C)(C)C)c2C1.CN1CC(C(c2ccccc2)n2cc(N)cn2)C1.CN1CC(C(c2ccccc2)n2cc(NC(=O)c3n[nH]c4c3CCC(C)(C)C4)cn2)C1.O=S=O.O=S=O. The van der Waals surface area contributed by atoms with Gasteiger partial charge in [0.1, 0.15) is 6.73 Å². The van der Waals surface area contributed by atoms with Crippen LogP contribution in [0, 0.1) is 22.7 Å². The van der Waals surface area contributed by atoms with E-state index in [1.54, 1.807) is 17.1 Å². The highest BCUT2D eigenvalue weighted by molar-refractivity contribution is 7.52. The van der Waals surface area contributed by atoms with Gasteiger partial charge in [-0.2, -0.15) is 37.2 Å². The van der Waals surface area contributed by atoms with E-state index in [4.69, 9.17) is 27.3 Å². The molecule has 4 aliphatic rings. The minimum atomic E-state index is -1.11. The number of aromatic nitrogens is 8. The number of likely N-dealkylation sites (tertiary alicyclic amines) is 2. The Morgan fingerprint density at radius 2 is 1.29 bits per heavy atom. The third kappa shape index (κ3) is 16.6. The van der Waals surface area contributed by atoms with Crippen molar-refractivity contribution < 1.29 is 36.3 Å². The lowest BCUT2D eigenvalue weighted by molar-refractivity contribution is 0.0667. The van der Waals surface area contributed by atoms with Gasteiger partial charge in [0, 0.05) is 87.6 Å². The van der Waals surface area contributed by atoms with Gasteiger partial charge in [0.2, 0.25) is 0 Å². The van der Waals surface area contributed by atoms with Crippen molar-refractivity contribution in [3.63, 3.8) is 0 Å². The van der Waals surface area contributed by atoms with Gasteiger partial charge in [-0.25, -0.2) is 9.48 Å². The lowest BCUT2D eigenvalue weighted by atomic mass is 9.76. The number of H-pyrrole nitrogens is 1. The number of carboxylic acids is 1. The van der Waals surface area contributed by atoms with Crippen LogP contribution < -0.4 is 11.1 Å². The summed E-state index contributed by atoms with van der Waals surface area (Å²) in [5, 5.41) is 33.1. The maximum atomic E-state index is 13.0. The highest BCUT2D eigenvalue weighted by Crippen LogP contribution is 2.38. The van der Waals surface area contributed by atoms with Gasteiger partial charge < -0.3 is 30.7 Å². The van der Waals surface area contributed by atoms with Crippen LogP contribution in [0.15, 0.2) is 85.5 Å². The molecule has 2 fully saturated rings. The molecule has 6 heterocycles. The fraction of sp³-hybridized carbons (Fsp3) is 0.519. The summed E-state index contributed by atoms with van der Waals surface area (Å²) < 4.78 is 44.7. The molecule has 2 saturated heterocycles. The van der Waals surface area contributed by atoms with Gasteiger partial charge in [-0.3, -0.25) is 19.3 Å². The molecule has 2 unspecified atom stereocenters. The number of rotatable bonds is 14. The van der Waals surface area contributed by atoms with Gasteiger partial charge in [-0.05, 0) is 80.6 Å². The first-order valence-electron chi connectivity index (χ1n) is 26.0. The second-order valence-electron chi connectivity index (χ2n) is 23.4. The van der Waals surface area contributed by atoms with Crippen molar-refractivity contribution in [3.05, 3.63) is 130 Å². The fourth-order valence-corrected chi connectivity index (χ4v) is 11.3. The first-order valence-corrected chi connectivity index (χ1v) is 31.0. The third-order valence-electron chi connectivity index (χ3n) is 14.6. The number of aromatic amines is 1. The molecule has 416 valence electrons. The normalized spacial score (nSPS) is 17.4. The van der Waals surface area contributed by atoms with E-state index in [0.29, 0.717) is 36.0 Å². The molecule has 4 aromatic heterocycles. The van der Waals surface area contributed by atoms with E-state index >= 15 is 0 Å². The molecule has 1 amide bonds. The Kier molecular flexibility index (Phi) is 20.9. The van der Waals surface area contributed by atoms with Gasteiger partial charge in [0.05, 0.1) is 35.9 Å². The summed E-state index contributed by atoms with van der Waals surface area (Å²) in [6.07, 6.45) is 12.8. The number of carboxylic acid groups (broad SMARTS) is 1. The molecule has 0 spiro atoms. The second-order valence-corrected chi connectivity index (χ2v) is 29.3. The predicted molar refractivity (Wildman–Crippen MR) is 299 cm³/mol. The zero-order valence-corrected chi connectivity index (χ0v) is 48.4. The van der Waals surface area contributed by atoms with Gasteiger partial charge in [-0.1, -0.05) is 108 Å². The van der Waals surface area contributed by atoms with E-state index in [1.165, 1.54) is 11.1 Å². The third-order valence-corrected chi connectivity index (χ3v) is 16.3. The molecule has 2 aliphatic carbocycles. The molecule has 5 N–H and O–H groups in total. The van der Waals surface area contributed by atoms with E-state index in [-0.39, 0.29) is 28.5 Å². The number of hydrogen-bond donors (Lipinski definition) is 4. The van der Waals surface area contributed by atoms with Crippen LogP contribution in [0.4, 0.5) is 11.4 Å². The molecule has 23 heteroatoms. The molecule has 0 saturated carbocycles. The first kappa shape index (κ1) is 60.0. The Morgan fingerprint density at radius 3 is 1.78 bits per heavy atom. The number of nitrogens with one attached hydrogen (secondary N) is 2. The molecule has 10 rings (SSSR count). The quantitative estimate of drug-likeness (QED) is 0.0621. The number of nitrogen functional groups attached to an aromatic ring is 1. The molecule has 0 radical (unpaired) electrons. The van der Waals surface area contributed by atoms with Crippen molar-refractivity contribution in [2.24, 2.45) is 22.7 Å². The van der Waals surface area contributed by atoms with E-state index in [0.717, 1.165) is 106 Å². The van der Waals surface area contributed by atoms with E-state index in [9.17, 15) is 14.7 Å². The van der Waals surface area contributed by atoms with Gasteiger partial charge in [-0.15, -0.1) is 0 Å². The number of carbonyl (C=O) groups excluding carboxylic acids is 1. The van der Waals surface area contributed by atoms with Crippen LogP contribution in [0.5, 0.6) is 0 Å². The van der Waals surface area contributed by atoms with Crippen LogP contribution in [-0.4, -0.2) is 138 Å². The van der Waals surface area contributed by atoms with Crippen LogP contribution in [0.1, 0.15) is 107 Å². The number of aromatic carboxylic acids is 1. The van der Waals surface area contributed by atoms with Gasteiger partial charge in [0.25, 0.3) is 5.91 Å². The monoisotopic (exact) mass is 1110 g/mol. The number of amides is 1. The fourth-order valence-electron chi connectivity index (χ4n) is 10.6. The smallest absolute Gasteiger partial charge is 0.356 e. The summed E-state index contributed by atoms with van der Waals surface area (Å²) in [6, 6.07) is 22.6. The molecule has 2 aliphatic heterocycles. The number of carbonyl (C=O) groups is 2. The van der Waals surface area contributed by atoms with E-state index < -0.39 is 37.2 Å². The van der Waals surface area contributed by atoms with Crippen molar-refractivity contribution in [1.82, 2.24) is 49.3 Å². The average molecular weight is 1110 g/mol. The Labute approximate surface area is 459 Å². The number of ether oxygens (including phenoxy) is 1. The van der Waals surface area contributed by atoms with Gasteiger partial charge in [0.15, 0.2) is 11.4 Å². The highest BCUT2D eigenvalue weighted by Gasteiger charge is 2.37. The zero-order valence-electron chi connectivity index (χ0n) is 45.8. The molecule has 2 aromatic carbocycles. The highest BCUT2D eigenvalue weighted by atomic mass is 32.1. The number of fused-ring (bicyclic) bond motifs is 2. The Morgan fingerprint density at radius 1 is 0.779 bits per heavy atom. The van der Waals surface area contributed by atoms with Crippen LogP contribution in [0.2, 0.25) is 25.7 Å². The minimum Gasteiger partial charge on any atom is -0.476 e. The topological polar surface area (TPSA) is 259 Å². The van der Waals surface area contributed by atoms with Crippen molar-refractivity contribution in [1.29, 1.82) is 0 Å². The Bertz CT molecular complexity index is 2940. The van der Waals surface area contributed by atoms with Gasteiger partial charge >= 0.3 is 29.1 Å². The summed E-state index contributed by atoms with van der Waals surface area (Å²) in [7, 11) is 3.18. The van der Waals surface area contributed by atoms with Crippen LogP contribution >= 0.6 is 0 Å². The molecular weight excluding hydrogens is 1040 g/mol. The predicted octanol–water partition coefficient (Wildman–Crippen LogP) is 7.21. The molecule has 20 nitrogen and oxygen atoms in total. The number of nitrogens with two attached hydrogens (primary N) is 1. The maximum absolute atomic E-state index is 13.0. The summed E-state index contributed by atoms with van der Waals surface area (Å²) in [6.45, 7) is 21.3. The largest absolute Gasteiger partial charge is 0.476 e. The number of hydrogen-bond acceptors (Lipinski definition) is 14. The molecular formula is C54H76N12O8S2Si. The van der Waals surface area contributed by atoms with Crippen molar-refractivity contribution in [2.45, 2.75) is 111 Å². The summed E-state index contributed by atoms with van der Waals surface area (Å²) in [5.74, 6) is 0.00228. The maximum Gasteiger partial charge on any atom is 0.356 e. The number of benzene rings is 2. The molecule has 6 aromatic rings. The van der Waals surface area contributed by atoms with Crippen LogP contribution in [0.25, 0.3) is 0 Å². The number of anilines is 2. The zero-order chi connectivity index (χ0) is 56.1. The summed E-state index contributed by atoms with van der Waals surface area (Å²) in [4.78, 5) is 29.0. The molecule has 77 heavy (non-hydrogen) atoms. The van der Waals surface area contributed by atoms with E-state index in [1.807, 2.05) is 33.9 Å². The van der Waals surface area contributed by atoms with Crippen molar-refractivity contribution >= 4 is 54.5 Å². The minimum absolute atomic E-state index is 0.156. The van der Waals surface area contributed by atoms with E-state index in [2.05, 4.69) is 151 Å². The number of nitrogens with zero attached hydrogens (tertiary/aromatic N) is 9.